The van der Waals surface area contributed by atoms with Gasteiger partial charge in [-0.05, 0) is 24.5 Å². The Morgan fingerprint density at radius 2 is 1.92 bits per heavy atom. The van der Waals surface area contributed by atoms with Gasteiger partial charge in [-0.25, -0.2) is 0 Å². The lowest BCUT2D eigenvalue weighted by molar-refractivity contribution is -0.121. The van der Waals surface area contributed by atoms with Crippen LogP contribution in [0.25, 0.3) is 0 Å². The Balaban J connectivity index is 2.03. The Morgan fingerprint density at radius 1 is 1.23 bits per heavy atom. The van der Waals surface area contributed by atoms with Gasteiger partial charge >= 0.3 is 0 Å². The molecule has 1 fully saturated rings. The summed E-state index contributed by atoms with van der Waals surface area (Å²) in [5, 5.41) is 2.93. The van der Waals surface area contributed by atoms with Gasteiger partial charge in [0.05, 0.1) is 24.6 Å². The summed E-state index contributed by atoms with van der Waals surface area (Å²) in [6, 6.07) is 7.88. The average molecular weight is 361 g/mol. The zero-order valence-corrected chi connectivity index (χ0v) is 16.2. The fourth-order valence-electron chi connectivity index (χ4n) is 3.01. The van der Waals surface area contributed by atoms with Crippen LogP contribution in [0.3, 0.4) is 0 Å². The monoisotopic (exact) mass is 361 g/mol. The number of hydrogen-bond donors (Lipinski definition) is 1. The lowest BCUT2D eigenvalue weighted by Crippen LogP contribution is -2.39. The second-order valence-electron chi connectivity index (χ2n) is 7.04. The van der Waals surface area contributed by atoms with Crippen LogP contribution in [0.1, 0.15) is 33.6 Å². The van der Waals surface area contributed by atoms with E-state index in [1.54, 1.807) is 11.8 Å². The zero-order valence-electron chi connectivity index (χ0n) is 16.2. The number of ether oxygens (including phenoxy) is 1. The van der Waals surface area contributed by atoms with Crippen LogP contribution in [-0.4, -0.2) is 51.2 Å². The first-order valence-electron chi connectivity index (χ1n) is 9.45. The summed E-state index contributed by atoms with van der Waals surface area (Å²) in [4.78, 5) is 28.3. The third-order valence-corrected chi connectivity index (χ3v) is 4.51. The third-order valence-electron chi connectivity index (χ3n) is 4.51. The van der Waals surface area contributed by atoms with Crippen molar-refractivity contribution in [1.29, 1.82) is 0 Å². The maximum absolute atomic E-state index is 12.2. The van der Waals surface area contributed by atoms with Gasteiger partial charge in [-0.1, -0.05) is 26.0 Å². The molecule has 6 nitrogen and oxygen atoms in total. The molecule has 1 saturated heterocycles. The number of carbonyl (C=O) groups excluding carboxylic acids is 2. The second-order valence-corrected chi connectivity index (χ2v) is 7.04. The number of morpholine rings is 1. The lowest BCUT2D eigenvalue weighted by atomic mass is 10.1. The molecule has 0 unspecified atom stereocenters. The van der Waals surface area contributed by atoms with Crippen LogP contribution >= 0.6 is 0 Å². The van der Waals surface area contributed by atoms with Crippen molar-refractivity contribution >= 4 is 23.2 Å². The summed E-state index contributed by atoms with van der Waals surface area (Å²) < 4.78 is 5.43. The topological polar surface area (TPSA) is 61.9 Å². The van der Waals surface area contributed by atoms with Crippen molar-refractivity contribution in [3.63, 3.8) is 0 Å². The number of hydrogen-bond acceptors (Lipinski definition) is 4. The zero-order chi connectivity index (χ0) is 18.9. The largest absolute Gasteiger partial charge is 0.378 e. The number of nitrogens with one attached hydrogen (secondary N) is 1. The van der Waals surface area contributed by atoms with Gasteiger partial charge in [0, 0.05) is 39.5 Å². The van der Waals surface area contributed by atoms with E-state index in [-0.39, 0.29) is 11.8 Å². The molecule has 0 bridgehead atoms. The van der Waals surface area contributed by atoms with E-state index in [2.05, 4.69) is 24.1 Å². The third kappa shape index (κ3) is 6.02. The van der Waals surface area contributed by atoms with Crippen LogP contribution in [0.2, 0.25) is 0 Å². The molecule has 0 aliphatic carbocycles. The molecule has 1 aliphatic heterocycles. The summed E-state index contributed by atoms with van der Waals surface area (Å²) >= 11 is 0. The molecule has 0 radical (unpaired) electrons. The van der Waals surface area contributed by atoms with Gasteiger partial charge in [0.25, 0.3) is 0 Å². The molecule has 0 atom stereocenters. The first-order chi connectivity index (χ1) is 12.5. The molecule has 6 heteroatoms. The Morgan fingerprint density at radius 3 is 2.58 bits per heavy atom. The number of nitrogens with zero attached hydrogens (tertiary/aromatic N) is 2. The molecule has 1 aromatic rings. The van der Waals surface area contributed by atoms with E-state index in [0.717, 1.165) is 30.9 Å². The molecule has 0 spiro atoms. The minimum absolute atomic E-state index is 0.0132. The number of amides is 2. The highest BCUT2D eigenvalue weighted by Crippen LogP contribution is 2.30. The van der Waals surface area contributed by atoms with Crippen LogP contribution in [-0.2, 0) is 14.3 Å². The van der Waals surface area contributed by atoms with Crippen LogP contribution < -0.4 is 15.1 Å². The highest BCUT2D eigenvalue weighted by Gasteiger charge is 2.21. The number of anilines is 2. The van der Waals surface area contributed by atoms with Gasteiger partial charge in [0.15, 0.2) is 0 Å². The Bertz CT molecular complexity index is 598. The maximum Gasteiger partial charge on any atom is 0.223 e. The molecular formula is C20H31N3O3. The standard InChI is InChI=1S/C20H31N3O3/c1-16(2)8-10-21-20(25)9-11-23(17(3)24)19-7-5-4-6-18(19)22-12-14-26-15-13-22/h4-7,16H,8-15H2,1-3H3,(H,21,25). The molecule has 1 N–H and O–H groups in total. The van der Waals surface area contributed by atoms with Gasteiger partial charge < -0.3 is 19.9 Å². The van der Waals surface area contributed by atoms with E-state index in [4.69, 9.17) is 4.74 Å². The van der Waals surface area contributed by atoms with E-state index >= 15 is 0 Å². The summed E-state index contributed by atoms with van der Waals surface area (Å²) in [7, 11) is 0. The van der Waals surface area contributed by atoms with Crippen LogP contribution in [0, 0.1) is 5.92 Å². The Hall–Kier alpha value is -2.08. The molecule has 2 amide bonds. The molecule has 1 aromatic carbocycles. The van der Waals surface area contributed by atoms with Gasteiger partial charge in [0.1, 0.15) is 0 Å². The van der Waals surface area contributed by atoms with Gasteiger partial charge in [-0.3, -0.25) is 9.59 Å². The fraction of sp³-hybridized carbons (Fsp3) is 0.600. The average Bonchev–Trinajstić information content (AvgIpc) is 2.62. The minimum Gasteiger partial charge on any atom is -0.378 e. The van der Waals surface area contributed by atoms with Crippen molar-refractivity contribution in [2.45, 2.75) is 33.6 Å². The first-order valence-corrected chi connectivity index (χ1v) is 9.45. The SMILES string of the molecule is CC(=O)N(CCC(=O)NCCC(C)C)c1ccccc1N1CCOCC1. The molecule has 0 saturated carbocycles. The molecular weight excluding hydrogens is 330 g/mol. The molecule has 1 aliphatic rings. The fourth-order valence-corrected chi connectivity index (χ4v) is 3.01. The van der Waals surface area contributed by atoms with Crippen molar-refractivity contribution in [3.05, 3.63) is 24.3 Å². The Kier molecular flexibility index (Phi) is 7.91. The lowest BCUT2D eigenvalue weighted by Gasteiger charge is -2.33. The van der Waals surface area contributed by atoms with Crippen molar-refractivity contribution in [2.75, 3.05) is 49.2 Å². The van der Waals surface area contributed by atoms with Gasteiger partial charge in [0.2, 0.25) is 11.8 Å². The quantitative estimate of drug-likeness (QED) is 0.772. The summed E-state index contributed by atoms with van der Waals surface area (Å²) in [5.74, 6) is 0.492. The minimum atomic E-state index is -0.0549. The van der Waals surface area contributed by atoms with Crippen LogP contribution in [0.15, 0.2) is 24.3 Å². The predicted octanol–water partition coefficient (Wildman–Crippen LogP) is 2.43. The molecule has 26 heavy (non-hydrogen) atoms. The van der Waals surface area contributed by atoms with Crippen molar-refractivity contribution < 1.29 is 14.3 Å². The maximum atomic E-state index is 12.2. The van der Waals surface area contributed by atoms with Crippen molar-refractivity contribution in [3.8, 4) is 0 Å². The van der Waals surface area contributed by atoms with Crippen LogP contribution in [0.5, 0.6) is 0 Å². The van der Waals surface area contributed by atoms with Gasteiger partial charge in [-0.2, -0.15) is 0 Å². The van der Waals surface area contributed by atoms with E-state index in [0.29, 0.717) is 38.6 Å². The first kappa shape index (κ1) is 20.2. The number of carbonyl (C=O) groups is 2. The van der Waals surface area contributed by atoms with Crippen molar-refractivity contribution in [1.82, 2.24) is 5.32 Å². The molecule has 0 aromatic heterocycles. The second kappa shape index (κ2) is 10.2. The highest BCUT2D eigenvalue weighted by atomic mass is 16.5. The van der Waals surface area contributed by atoms with Crippen molar-refractivity contribution in [2.24, 2.45) is 5.92 Å². The number of benzene rings is 1. The van der Waals surface area contributed by atoms with E-state index in [1.807, 2.05) is 24.3 Å². The summed E-state index contributed by atoms with van der Waals surface area (Å²) in [5.41, 5.74) is 1.88. The summed E-state index contributed by atoms with van der Waals surface area (Å²) in [6.45, 7) is 9.85. The smallest absolute Gasteiger partial charge is 0.223 e. The van der Waals surface area contributed by atoms with E-state index in [9.17, 15) is 9.59 Å². The van der Waals surface area contributed by atoms with Crippen LogP contribution in [0.4, 0.5) is 11.4 Å². The molecule has 2 rings (SSSR count). The highest BCUT2D eigenvalue weighted by molar-refractivity contribution is 5.96. The summed E-state index contributed by atoms with van der Waals surface area (Å²) in [6.07, 6.45) is 1.26. The number of para-hydroxylation sites is 2. The predicted molar refractivity (Wildman–Crippen MR) is 105 cm³/mol. The number of rotatable bonds is 8. The molecule has 144 valence electrons. The molecule has 1 heterocycles. The van der Waals surface area contributed by atoms with E-state index < -0.39 is 0 Å². The van der Waals surface area contributed by atoms with Gasteiger partial charge in [-0.15, -0.1) is 0 Å². The Labute approximate surface area is 156 Å². The van der Waals surface area contributed by atoms with E-state index in [1.165, 1.54) is 0 Å². The normalized spacial score (nSPS) is 14.4.